The SMILES string of the molecule is CCCC(N)C(=O)N(CC)c1cccc(O)c1. The molecule has 0 aromatic heterocycles. The van der Waals surface area contributed by atoms with E-state index >= 15 is 0 Å². The summed E-state index contributed by atoms with van der Waals surface area (Å²) in [6.07, 6.45) is 1.55. The third kappa shape index (κ3) is 3.46. The van der Waals surface area contributed by atoms with Crippen LogP contribution in [0, 0.1) is 0 Å². The van der Waals surface area contributed by atoms with Gasteiger partial charge in [0, 0.05) is 18.3 Å². The van der Waals surface area contributed by atoms with Crippen molar-refractivity contribution in [2.45, 2.75) is 32.7 Å². The average molecular weight is 236 g/mol. The lowest BCUT2D eigenvalue weighted by Crippen LogP contribution is -2.43. The number of rotatable bonds is 5. The Morgan fingerprint density at radius 3 is 2.71 bits per heavy atom. The number of nitrogens with zero attached hydrogens (tertiary/aromatic N) is 1. The van der Waals surface area contributed by atoms with Crippen LogP contribution >= 0.6 is 0 Å². The van der Waals surface area contributed by atoms with E-state index in [0.717, 1.165) is 6.42 Å². The zero-order chi connectivity index (χ0) is 12.8. The summed E-state index contributed by atoms with van der Waals surface area (Å²) < 4.78 is 0. The van der Waals surface area contributed by atoms with Crippen molar-refractivity contribution in [2.75, 3.05) is 11.4 Å². The molecule has 3 N–H and O–H groups in total. The maximum atomic E-state index is 12.1. The highest BCUT2D eigenvalue weighted by Gasteiger charge is 2.20. The fraction of sp³-hybridized carbons (Fsp3) is 0.462. The zero-order valence-corrected chi connectivity index (χ0v) is 10.4. The molecule has 0 radical (unpaired) electrons. The Bertz CT molecular complexity index is 379. The van der Waals surface area contributed by atoms with Crippen LogP contribution in [0.25, 0.3) is 0 Å². The lowest BCUT2D eigenvalue weighted by atomic mass is 10.1. The van der Waals surface area contributed by atoms with Gasteiger partial charge >= 0.3 is 0 Å². The maximum Gasteiger partial charge on any atom is 0.243 e. The number of carbonyl (C=O) groups excluding carboxylic acids is 1. The van der Waals surface area contributed by atoms with Gasteiger partial charge in [-0.15, -0.1) is 0 Å². The summed E-state index contributed by atoms with van der Waals surface area (Å²) in [5.74, 6) is 0.0535. The molecular formula is C13H20N2O2. The topological polar surface area (TPSA) is 66.6 Å². The largest absolute Gasteiger partial charge is 0.508 e. The zero-order valence-electron chi connectivity index (χ0n) is 10.4. The van der Waals surface area contributed by atoms with E-state index in [4.69, 9.17) is 5.73 Å². The van der Waals surface area contributed by atoms with E-state index in [-0.39, 0.29) is 11.7 Å². The van der Waals surface area contributed by atoms with Crippen LogP contribution in [-0.2, 0) is 4.79 Å². The van der Waals surface area contributed by atoms with Crippen molar-refractivity contribution in [3.05, 3.63) is 24.3 Å². The summed E-state index contributed by atoms with van der Waals surface area (Å²) in [4.78, 5) is 13.7. The van der Waals surface area contributed by atoms with Crippen LogP contribution in [0.15, 0.2) is 24.3 Å². The van der Waals surface area contributed by atoms with Gasteiger partial charge in [0.1, 0.15) is 5.75 Å². The third-order valence-corrected chi connectivity index (χ3v) is 2.64. The second-order valence-electron chi connectivity index (χ2n) is 4.00. The van der Waals surface area contributed by atoms with E-state index in [0.29, 0.717) is 18.7 Å². The van der Waals surface area contributed by atoms with E-state index in [9.17, 15) is 9.90 Å². The molecule has 1 amide bonds. The average Bonchev–Trinajstić information content (AvgIpc) is 2.30. The van der Waals surface area contributed by atoms with Crippen LogP contribution in [0.5, 0.6) is 5.75 Å². The van der Waals surface area contributed by atoms with Crippen molar-refractivity contribution in [3.63, 3.8) is 0 Å². The summed E-state index contributed by atoms with van der Waals surface area (Å²) in [5.41, 5.74) is 6.51. The summed E-state index contributed by atoms with van der Waals surface area (Å²) in [5, 5.41) is 9.41. The van der Waals surface area contributed by atoms with Crippen LogP contribution in [-0.4, -0.2) is 23.6 Å². The molecule has 0 fully saturated rings. The summed E-state index contributed by atoms with van der Waals surface area (Å²) in [6.45, 7) is 4.43. The number of hydrogen-bond acceptors (Lipinski definition) is 3. The molecule has 0 spiro atoms. The van der Waals surface area contributed by atoms with E-state index in [1.54, 1.807) is 29.2 Å². The Morgan fingerprint density at radius 2 is 2.18 bits per heavy atom. The molecule has 0 heterocycles. The Hall–Kier alpha value is -1.55. The summed E-state index contributed by atoms with van der Waals surface area (Å²) in [7, 11) is 0. The summed E-state index contributed by atoms with van der Waals surface area (Å²) in [6, 6.07) is 6.18. The van der Waals surface area contributed by atoms with Crippen LogP contribution in [0.4, 0.5) is 5.69 Å². The van der Waals surface area contributed by atoms with Gasteiger partial charge in [0.15, 0.2) is 0 Å². The fourth-order valence-electron chi connectivity index (χ4n) is 1.76. The van der Waals surface area contributed by atoms with E-state index in [1.807, 2.05) is 13.8 Å². The van der Waals surface area contributed by atoms with Crippen LogP contribution in [0.2, 0.25) is 0 Å². The molecule has 4 nitrogen and oxygen atoms in total. The van der Waals surface area contributed by atoms with Gasteiger partial charge in [-0.1, -0.05) is 19.4 Å². The molecule has 0 aliphatic carbocycles. The van der Waals surface area contributed by atoms with Crippen molar-refractivity contribution < 1.29 is 9.90 Å². The lowest BCUT2D eigenvalue weighted by Gasteiger charge is -2.24. The van der Waals surface area contributed by atoms with Gasteiger partial charge in [-0.3, -0.25) is 4.79 Å². The third-order valence-electron chi connectivity index (χ3n) is 2.64. The van der Waals surface area contributed by atoms with E-state index in [1.165, 1.54) is 0 Å². The summed E-state index contributed by atoms with van der Waals surface area (Å²) >= 11 is 0. The van der Waals surface area contributed by atoms with Gasteiger partial charge in [0.25, 0.3) is 0 Å². The highest BCUT2D eigenvalue weighted by molar-refractivity contribution is 5.97. The molecule has 0 saturated heterocycles. The number of anilines is 1. The standard InChI is InChI=1S/C13H20N2O2/c1-3-6-12(14)13(17)15(4-2)10-7-5-8-11(16)9-10/h5,7-9,12,16H,3-4,6,14H2,1-2H3. The number of nitrogens with two attached hydrogens (primary N) is 1. The van der Waals surface area contributed by atoms with Crippen LogP contribution < -0.4 is 10.6 Å². The first-order valence-electron chi connectivity index (χ1n) is 5.96. The highest BCUT2D eigenvalue weighted by atomic mass is 16.3. The minimum absolute atomic E-state index is 0.0973. The second kappa shape index (κ2) is 6.25. The number of aromatic hydroxyl groups is 1. The van der Waals surface area contributed by atoms with Gasteiger partial charge < -0.3 is 15.7 Å². The van der Waals surface area contributed by atoms with Crippen LogP contribution in [0.3, 0.4) is 0 Å². The molecule has 4 heteroatoms. The molecule has 1 aromatic carbocycles. The minimum Gasteiger partial charge on any atom is -0.508 e. The van der Waals surface area contributed by atoms with Gasteiger partial charge in [0.05, 0.1) is 6.04 Å². The van der Waals surface area contributed by atoms with Gasteiger partial charge in [0.2, 0.25) is 5.91 Å². The van der Waals surface area contributed by atoms with Gasteiger partial charge in [-0.2, -0.15) is 0 Å². The van der Waals surface area contributed by atoms with Crippen molar-refractivity contribution in [2.24, 2.45) is 5.73 Å². The number of phenolic OH excluding ortho intramolecular Hbond substituents is 1. The predicted molar refractivity (Wildman–Crippen MR) is 69.0 cm³/mol. The Morgan fingerprint density at radius 1 is 1.47 bits per heavy atom. The number of amides is 1. The molecule has 1 unspecified atom stereocenters. The highest BCUT2D eigenvalue weighted by Crippen LogP contribution is 2.20. The lowest BCUT2D eigenvalue weighted by molar-refractivity contribution is -0.119. The predicted octanol–water partition coefficient (Wildman–Crippen LogP) is 1.87. The molecule has 0 saturated carbocycles. The smallest absolute Gasteiger partial charge is 0.243 e. The number of carbonyl (C=O) groups is 1. The van der Waals surface area contributed by atoms with Crippen molar-refractivity contribution in [1.29, 1.82) is 0 Å². The molecular weight excluding hydrogens is 216 g/mol. The molecule has 1 atom stereocenters. The van der Waals surface area contributed by atoms with Gasteiger partial charge in [-0.05, 0) is 25.5 Å². The Kier molecular flexibility index (Phi) is 4.97. The molecule has 0 bridgehead atoms. The number of benzene rings is 1. The first-order valence-corrected chi connectivity index (χ1v) is 5.96. The minimum atomic E-state index is -0.470. The molecule has 1 aromatic rings. The quantitative estimate of drug-likeness (QED) is 0.820. The van der Waals surface area contributed by atoms with Gasteiger partial charge in [-0.25, -0.2) is 0 Å². The Labute approximate surface area is 102 Å². The fourth-order valence-corrected chi connectivity index (χ4v) is 1.76. The van der Waals surface area contributed by atoms with E-state index < -0.39 is 6.04 Å². The first kappa shape index (κ1) is 13.5. The van der Waals surface area contributed by atoms with Crippen LogP contribution in [0.1, 0.15) is 26.7 Å². The molecule has 0 aliphatic rings. The molecule has 1 rings (SSSR count). The second-order valence-corrected chi connectivity index (χ2v) is 4.00. The van der Waals surface area contributed by atoms with Crippen molar-refractivity contribution in [1.82, 2.24) is 0 Å². The Balaban J connectivity index is 2.88. The normalized spacial score (nSPS) is 12.2. The van der Waals surface area contributed by atoms with E-state index in [2.05, 4.69) is 0 Å². The number of phenols is 1. The van der Waals surface area contributed by atoms with Crippen molar-refractivity contribution >= 4 is 11.6 Å². The van der Waals surface area contributed by atoms with Crippen molar-refractivity contribution in [3.8, 4) is 5.75 Å². The molecule has 17 heavy (non-hydrogen) atoms. The molecule has 94 valence electrons. The molecule has 0 aliphatic heterocycles. The first-order chi connectivity index (χ1) is 8.10. The number of likely N-dealkylation sites (N-methyl/N-ethyl adjacent to an activating group) is 1. The maximum absolute atomic E-state index is 12.1. The number of hydrogen-bond donors (Lipinski definition) is 2. The monoisotopic (exact) mass is 236 g/mol.